The van der Waals surface area contributed by atoms with E-state index in [-0.39, 0.29) is 11.7 Å². The highest BCUT2D eigenvalue weighted by Gasteiger charge is 2.22. The maximum Gasteiger partial charge on any atom is 0.234 e. The van der Waals surface area contributed by atoms with Gasteiger partial charge in [-0.1, -0.05) is 30.0 Å². The number of nitrogens with one attached hydrogen (secondary N) is 1. The van der Waals surface area contributed by atoms with E-state index in [9.17, 15) is 4.79 Å². The Labute approximate surface area is 207 Å². The Kier molecular flexibility index (Phi) is 7.18. The molecule has 0 atom stereocenters. The summed E-state index contributed by atoms with van der Waals surface area (Å²) >= 11 is 1.36. The van der Waals surface area contributed by atoms with E-state index >= 15 is 0 Å². The second-order valence-corrected chi connectivity index (χ2v) is 9.00. The first-order valence-electron chi connectivity index (χ1n) is 11.4. The van der Waals surface area contributed by atoms with E-state index in [0.717, 1.165) is 43.3 Å². The Morgan fingerprint density at radius 2 is 1.69 bits per heavy atom. The number of carbonyl (C=O) groups is 1. The molecule has 2 aromatic carbocycles. The van der Waals surface area contributed by atoms with Crippen LogP contribution in [-0.4, -0.2) is 39.5 Å². The van der Waals surface area contributed by atoms with Gasteiger partial charge < -0.3 is 14.6 Å². The zero-order valence-corrected chi connectivity index (χ0v) is 19.9. The van der Waals surface area contributed by atoms with E-state index in [4.69, 9.17) is 4.42 Å². The van der Waals surface area contributed by atoms with Gasteiger partial charge in [0.25, 0.3) is 0 Å². The van der Waals surface area contributed by atoms with E-state index < -0.39 is 0 Å². The minimum atomic E-state index is -0.121. The van der Waals surface area contributed by atoms with Crippen LogP contribution in [0.2, 0.25) is 0 Å². The van der Waals surface area contributed by atoms with Crippen molar-refractivity contribution in [2.75, 3.05) is 29.1 Å². The third-order valence-electron chi connectivity index (χ3n) is 5.50. The average molecular weight is 488 g/mol. The molecular weight excluding hydrogens is 462 g/mol. The maximum atomic E-state index is 12.6. The smallest absolute Gasteiger partial charge is 0.234 e. The molecule has 1 aliphatic rings. The van der Waals surface area contributed by atoms with Crippen LogP contribution in [0.3, 0.4) is 0 Å². The van der Waals surface area contributed by atoms with Crippen molar-refractivity contribution < 1.29 is 9.21 Å². The van der Waals surface area contributed by atoms with Gasteiger partial charge in [0.2, 0.25) is 11.9 Å². The van der Waals surface area contributed by atoms with Gasteiger partial charge in [-0.05, 0) is 61.4 Å². The summed E-state index contributed by atoms with van der Waals surface area (Å²) in [6.07, 6.45) is 3.94. The number of hydrogen-bond acceptors (Lipinski definition) is 8. The topological polar surface area (TPSA) is 101 Å². The molecule has 4 aromatic rings. The molecule has 10 heteroatoms. The van der Waals surface area contributed by atoms with Crippen molar-refractivity contribution in [3.8, 4) is 0 Å². The first-order valence-corrected chi connectivity index (χ1v) is 12.4. The molecule has 1 fully saturated rings. The van der Waals surface area contributed by atoms with Gasteiger partial charge in [-0.3, -0.25) is 9.36 Å². The van der Waals surface area contributed by atoms with E-state index in [0.29, 0.717) is 23.1 Å². The molecule has 0 saturated carbocycles. The normalized spacial score (nSPS) is 13.5. The largest absolute Gasteiger partial charge is 0.467 e. The predicted octanol–water partition coefficient (Wildman–Crippen LogP) is 5.67. The van der Waals surface area contributed by atoms with Crippen LogP contribution >= 0.6 is 11.8 Å². The summed E-state index contributed by atoms with van der Waals surface area (Å²) in [5.41, 5.74) is 2.19. The minimum absolute atomic E-state index is 0.121. The SMILES string of the molecule is O=C(CSc1nnc(N2CCCC2)n1Cc1ccco1)Nc1ccc(N=Nc2ccccc2)cc1. The zero-order chi connectivity index (χ0) is 23.9. The Bertz CT molecular complexity index is 1270. The second-order valence-electron chi connectivity index (χ2n) is 8.06. The van der Waals surface area contributed by atoms with Crippen LogP contribution in [0.4, 0.5) is 23.0 Å². The van der Waals surface area contributed by atoms with E-state index in [2.05, 4.69) is 30.6 Å². The predicted molar refractivity (Wildman–Crippen MR) is 136 cm³/mol. The van der Waals surface area contributed by atoms with Gasteiger partial charge in [0, 0.05) is 18.8 Å². The molecule has 0 spiro atoms. The molecule has 0 radical (unpaired) electrons. The molecule has 178 valence electrons. The molecule has 0 unspecified atom stereocenters. The third kappa shape index (κ3) is 5.96. The third-order valence-corrected chi connectivity index (χ3v) is 6.47. The molecular formula is C25H25N7O2S. The molecule has 5 rings (SSSR count). The van der Waals surface area contributed by atoms with Gasteiger partial charge in [-0.25, -0.2) is 0 Å². The Hall–Kier alpha value is -3.92. The number of anilines is 2. The maximum absolute atomic E-state index is 12.6. The van der Waals surface area contributed by atoms with Crippen LogP contribution in [0.5, 0.6) is 0 Å². The van der Waals surface area contributed by atoms with Gasteiger partial charge in [-0.2, -0.15) is 10.2 Å². The van der Waals surface area contributed by atoms with Crippen molar-refractivity contribution in [1.29, 1.82) is 0 Å². The minimum Gasteiger partial charge on any atom is -0.467 e. The number of hydrogen-bond donors (Lipinski definition) is 1. The lowest BCUT2D eigenvalue weighted by atomic mass is 10.3. The van der Waals surface area contributed by atoms with Crippen LogP contribution in [0.25, 0.3) is 0 Å². The summed E-state index contributed by atoms with van der Waals surface area (Å²) < 4.78 is 7.56. The fourth-order valence-electron chi connectivity index (χ4n) is 3.78. The van der Waals surface area contributed by atoms with Crippen LogP contribution < -0.4 is 10.2 Å². The highest BCUT2D eigenvalue weighted by molar-refractivity contribution is 7.99. The Morgan fingerprint density at radius 3 is 2.40 bits per heavy atom. The quantitative estimate of drug-likeness (QED) is 0.241. The Morgan fingerprint density at radius 1 is 0.943 bits per heavy atom. The average Bonchev–Trinajstić information content (AvgIpc) is 3.66. The van der Waals surface area contributed by atoms with Crippen LogP contribution in [0.15, 0.2) is 92.8 Å². The molecule has 1 saturated heterocycles. The number of furan rings is 1. The molecule has 9 nitrogen and oxygen atoms in total. The summed E-state index contributed by atoms with van der Waals surface area (Å²) in [5.74, 6) is 1.73. The number of thioether (sulfide) groups is 1. The van der Waals surface area contributed by atoms with Gasteiger partial charge in [0.1, 0.15) is 5.76 Å². The summed E-state index contributed by atoms with van der Waals surface area (Å²) in [6.45, 7) is 2.44. The molecule has 1 aliphatic heterocycles. The van der Waals surface area contributed by atoms with Gasteiger partial charge >= 0.3 is 0 Å². The van der Waals surface area contributed by atoms with Gasteiger partial charge in [-0.15, -0.1) is 10.2 Å². The van der Waals surface area contributed by atoms with Crippen molar-refractivity contribution in [2.45, 2.75) is 24.5 Å². The summed E-state index contributed by atoms with van der Waals surface area (Å²) in [7, 11) is 0. The van der Waals surface area contributed by atoms with Crippen molar-refractivity contribution in [2.24, 2.45) is 10.2 Å². The van der Waals surface area contributed by atoms with Gasteiger partial charge in [0.15, 0.2) is 5.16 Å². The zero-order valence-electron chi connectivity index (χ0n) is 19.1. The lowest BCUT2D eigenvalue weighted by molar-refractivity contribution is -0.113. The summed E-state index contributed by atoms with van der Waals surface area (Å²) in [5, 5.41) is 20.8. The highest BCUT2D eigenvalue weighted by Crippen LogP contribution is 2.26. The number of azo groups is 1. The molecule has 0 aliphatic carbocycles. The van der Waals surface area contributed by atoms with E-state index in [1.54, 1.807) is 6.26 Å². The number of amides is 1. The molecule has 2 aromatic heterocycles. The number of aromatic nitrogens is 3. The number of nitrogens with zero attached hydrogens (tertiary/aromatic N) is 6. The van der Waals surface area contributed by atoms with Crippen molar-refractivity contribution >= 4 is 40.7 Å². The second kappa shape index (κ2) is 11.0. The van der Waals surface area contributed by atoms with Crippen LogP contribution in [-0.2, 0) is 11.3 Å². The Balaban J connectivity index is 1.19. The molecule has 3 heterocycles. The van der Waals surface area contributed by atoms with Crippen molar-refractivity contribution in [3.63, 3.8) is 0 Å². The number of benzene rings is 2. The highest BCUT2D eigenvalue weighted by atomic mass is 32.2. The molecule has 1 N–H and O–H groups in total. The monoisotopic (exact) mass is 487 g/mol. The molecule has 0 bridgehead atoms. The number of rotatable bonds is 9. The summed E-state index contributed by atoms with van der Waals surface area (Å²) in [4.78, 5) is 14.8. The first kappa shape index (κ1) is 22.9. The van der Waals surface area contributed by atoms with E-state index in [1.165, 1.54) is 11.8 Å². The van der Waals surface area contributed by atoms with Crippen molar-refractivity contribution in [1.82, 2.24) is 14.8 Å². The van der Waals surface area contributed by atoms with E-state index in [1.807, 2.05) is 71.3 Å². The lowest BCUT2D eigenvalue weighted by Gasteiger charge is -2.17. The standard InChI is InChI=1S/C25H25N7O2S/c33-23(26-19-10-12-21(13-11-19)28-27-20-7-2-1-3-8-20)18-35-25-30-29-24(31-14-4-5-15-31)32(25)17-22-9-6-16-34-22/h1-3,6-13,16H,4-5,14-15,17-18H2,(H,26,33). The van der Waals surface area contributed by atoms with Crippen LogP contribution in [0.1, 0.15) is 18.6 Å². The van der Waals surface area contributed by atoms with Crippen molar-refractivity contribution in [3.05, 3.63) is 78.8 Å². The molecule has 1 amide bonds. The fourth-order valence-corrected chi connectivity index (χ4v) is 4.52. The fraction of sp³-hybridized carbons (Fsp3) is 0.240. The number of carbonyl (C=O) groups excluding carboxylic acids is 1. The lowest BCUT2D eigenvalue weighted by Crippen LogP contribution is -2.22. The molecule has 35 heavy (non-hydrogen) atoms. The van der Waals surface area contributed by atoms with Gasteiger partial charge in [0.05, 0.1) is 29.9 Å². The van der Waals surface area contributed by atoms with Crippen LogP contribution in [0, 0.1) is 0 Å². The summed E-state index contributed by atoms with van der Waals surface area (Å²) in [6, 6.07) is 20.6. The first-order chi connectivity index (χ1) is 17.2.